The Bertz CT molecular complexity index is 659. The smallest absolute Gasteiger partial charge is 0.155 e. The van der Waals surface area contributed by atoms with Crippen LogP contribution < -0.4 is 4.90 Å². The van der Waals surface area contributed by atoms with E-state index < -0.39 is 0 Å². The Morgan fingerprint density at radius 1 is 1.13 bits per heavy atom. The fourth-order valence-corrected chi connectivity index (χ4v) is 4.72. The van der Waals surface area contributed by atoms with Crippen LogP contribution in [0.5, 0.6) is 0 Å². The lowest BCUT2D eigenvalue weighted by molar-refractivity contribution is -0.112. The van der Waals surface area contributed by atoms with E-state index in [1.807, 2.05) is 0 Å². The Morgan fingerprint density at radius 2 is 1.74 bits per heavy atom. The highest BCUT2D eigenvalue weighted by Crippen LogP contribution is 2.52. The Morgan fingerprint density at radius 3 is 2.17 bits per heavy atom. The number of ketones is 1. The summed E-state index contributed by atoms with van der Waals surface area (Å²) in [5, 5.41) is 1.05. The first-order chi connectivity index (χ1) is 10.5. The molecule has 2 rings (SSSR count). The summed E-state index contributed by atoms with van der Waals surface area (Å²) in [4.78, 5) is 15.2. The second-order valence-electron chi connectivity index (χ2n) is 8.28. The molecule has 1 aromatic rings. The summed E-state index contributed by atoms with van der Waals surface area (Å²) in [5.74, 6) is 0.104. The maximum atomic E-state index is 11.6. The van der Waals surface area contributed by atoms with Crippen LogP contribution in [0.1, 0.15) is 66.5 Å². The Labute approximate surface area is 145 Å². The number of benzene rings is 1. The number of allylic oxidation sites excluding steroid dienone is 1. The second-order valence-corrected chi connectivity index (χ2v) is 9.31. The fourth-order valence-electron chi connectivity index (χ4n) is 3.14. The van der Waals surface area contributed by atoms with Crippen molar-refractivity contribution in [2.45, 2.75) is 71.1 Å². The molecular formula is C20H29NOS. The van der Waals surface area contributed by atoms with Crippen molar-refractivity contribution in [2.75, 3.05) is 11.4 Å². The maximum absolute atomic E-state index is 11.6. The number of fused-ring (bicyclic) bond motifs is 1. The number of rotatable bonds is 2. The minimum Gasteiger partial charge on any atom is -0.335 e. The largest absolute Gasteiger partial charge is 0.335 e. The number of nitrogens with zero attached hydrogens (tertiary/aromatic N) is 1. The van der Waals surface area contributed by atoms with Gasteiger partial charge in [-0.2, -0.15) is 0 Å². The van der Waals surface area contributed by atoms with E-state index >= 15 is 0 Å². The zero-order valence-corrected chi connectivity index (χ0v) is 16.5. The van der Waals surface area contributed by atoms with Crippen molar-refractivity contribution in [3.8, 4) is 0 Å². The first-order valence-electron chi connectivity index (χ1n) is 8.32. The first-order valence-corrected chi connectivity index (χ1v) is 9.14. The van der Waals surface area contributed by atoms with Crippen LogP contribution in [-0.2, 0) is 15.6 Å². The number of carbonyl (C=O) groups excluding carboxylic acids is 1. The topological polar surface area (TPSA) is 20.3 Å². The molecule has 126 valence electrons. The van der Waals surface area contributed by atoms with Crippen LogP contribution in [0.15, 0.2) is 28.1 Å². The van der Waals surface area contributed by atoms with Crippen LogP contribution in [0.3, 0.4) is 0 Å². The number of anilines is 1. The molecular weight excluding hydrogens is 302 g/mol. The number of hydrogen-bond acceptors (Lipinski definition) is 3. The highest BCUT2D eigenvalue weighted by Gasteiger charge is 2.34. The van der Waals surface area contributed by atoms with Crippen molar-refractivity contribution in [1.29, 1.82) is 0 Å². The van der Waals surface area contributed by atoms with Gasteiger partial charge < -0.3 is 4.90 Å². The molecule has 0 atom stereocenters. The molecule has 3 heteroatoms. The van der Waals surface area contributed by atoms with E-state index in [9.17, 15) is 4.79 Å². The molecule has 1 aromatic carbocycles. The lowest BCUT2D eigenvalue weighted by Crippen LogP contribution is -2.23. The van der Waals surface area contributed by atoms with Gasteiger partial charge in [0.1, 0.15) is 0 Å². The van der Waals surface area contributed by atoms with Crippen molar-refractivity contribution in [2.24, 2.45) is 0 Å². The van der Waals surface area contributed by atoms with Gasteiger partial charge in [0.25, 0.3) is 0 Å². The normalized spacial score (nSPS) is 16.9. The molecule has 0 aromatic heterocycles. The van der Waals surface area contributed by atoms with Crippen molar-refractivity contribution in [3.63, 3.8) is 0 Å². The quantitative estimate of drug-likeness (QED) is 0.654. The van der Waals surface area contributed by atoms with Crippen LogP contribution in [0.25, 0.3) is 0 Å². The van der Waals surface area contributed by atoms with Crippen LogP contribution in [0.2, 0.25) is 0 Å². The molecule has 1 aliphatic rings. The van der Waals surface area contributed by atoms with Crippen molar-refractivity contribution in [3.05, 3.63) is 34.4 Å². The van der Waals surface area contributed by atoms with Gasteiger partial charge in [0.15, 0.2) is 5.78 Å². The summed E-state index contributed by atoms with van der Waals surface area (Å²) < 4.78 is 0. The molecule has 0 unspecified atom stereocenters. The van der Waals surface area contributed by atoms with E-state index in [0.29, 0.717) is 0 Å². The van der Waals surface area contributed by atoms with E-state index in [1.165, 1.54) is 21.7 Å². The molecule has 23 heavy (non-hydrogen) atoms. The summed E-state index contributed by atoms with van der Waals surface area (Å²) in [6, 6.07) is 4.50. The van der Waals surface area contributed by atoms with E-state index in [4.69, 9.17) is 0 Å². The molecule has 0 bridgehead atoms. The van der Waals surface area contributed by atoms with Crippen molar-refractivity contribution >= 4 is 23.2 Å². The SMILES string of the molecule is CCN1/C(=C/C(C)=O)Sc2c1ccc(C(C)(C)C)c2C(C)(C)C. The van der Waals surface area contributed by atoms with E-state index in [-0.39, 0.29) is 16.6 Å². The Kier molecular flexibility index (Phi) is 4.74. The predicted octanol–water partition coefficient (Wildman–Crippen LogP) is 5.64. The third kappa shape index (κ3) is 3.50. The van der Waals surface area contributed by atoms with Gasteiger partial charge in [-0.1, -0.05) is 59.4 Å². The lowest BCUT2D eigenvalue weighted by Gasteiger charge is -2.32. The number of hydrogen-bond donors (Lipinski definition) is 0. The van der Waals surface area contributed by atoms with E-state index in [0.717, 1.165) is 11.6 Å². The van der Waals surface area contributed by atoms with E-state index in [2.05, 4.69) is 65.5 Å². The predicted molar refractivity (Wildman–Crippen MR) is 101 cm³/mol. The molecule has 0 N–H and O–H groups in total. The molecule has 0 spiro atoms. The van der Waals surface area contributed by atoms with Gasteiger partial charge in [0.05, 0.1) is 10.7 Å². The minimum absolute atomic E-state index is 0.0615. The van der Waals surface area contributed by atoms with Gasteiger partial charge in [-0.3, -0.25) is 4.79 Å². The molecule has 1 heterocycles. The molecule has 0 amide bonds. The molecule has 0 saturated heterocycles. The average molecular weight is 332 g/mol. The third-order valence-corrected chi connectivity index (χ3v) is 5.27. The van der Waals surface area contributed by atoms with Crippen LogP contribution in [0, 0.1) is 0 Å². The molecule has 0 radical (unpaired) electrons. The Balaban J connectivity index is 2.74. The lowest BCUT2D eigenvalue weighted by atomic mass is 9.75. The average Bonchev–Trinajstić information content (AvgIpc) is 2.70. The fraction of sp³-hybridized carbons (Fsp3) is 0.550. The summed E-state index contributed by atoms with van der Waals surface area (Å²) in [6.07, 6.45) is 1.76. The number of carbonyl (C=O) groups is 1. The molecule has 0 fully saturated rings. The van der Waals surface area contributed by atoms with Gasteiger partial charge >= 0.3 is 0 Å². The highest BCUT2D eigenvalue weighted by atomic mass is 32.2. The zero-order valence-electron chi connectivity index (χ0n) is 15.7. The van der Waals surface area contributed by atoms with Crippen LogP contribution >= 0.6 is 11.8 Å². The molecule has 2 nitrogen and oxygen atoms in total. The molecule has 0 aliphatic carbocycles. The van der Waals surface area contributed by atoms with Crippen molar-refractivity contribution < 1.29 is 4.79 Å². The summed E-state index contributed by atoms with van der Waals surface area (Å²) in [7, 11) is 0. The summed E-state index contributed by atoms with van der Waals surface area (Å²) in [5.41, 5.74) is 4.21. The molecule has 1 aliphatic heterocycles. The van der Waals surface area contributed by atoms with Gasteiger partial charge in [0, 0.05) is 17.5 Å². The van der Waals surface area contributed by atoms with Crippen LogP contribution in [0.4, 0.5) is 5.69 Å². The maximum Gasteiger partial charge on any atom is 0.155 e. The second kappa shape index (κ2) is 6.01. The summed E-state index contributed by atoms with van der Waals surface area (Å²) in [6.45, 7) is 18.3. The monoisotopic (exact) mass is 331 g/mol. The highest BCUT2D eigenvalue weighted by molar-refractivity contribution is 8.03. The van der Waals surface area contributed by atoms with Gasteiger partial charge in [-0.25, -0.2) is 0 Å². The minimum atomic E-state index is 0.0615. The number of thioether (sulfide) groups is 1. The van der Waals surface area contributed by atoms with Crippen LogP contribution in [-0.4, -0.2) is 12.3 Å². The van der Waals surface area contributed by atoms with Crippen molar-refractivity contribution in [1.82, 2.24) is 0 Å². The standard InChI is InChI=1S/C20H29NOS/c1-9-21-15-11-10-14(19(3,4)5)17(20(6,7)8)18(15)23-16(21)12-13(2)22/h10-12H,9H2,1-8H3/b16-12-. The zero-order chi connectivity index (χ0) is 17.6. The van der Waals surface area contributed by atoms with Gasteiger partial charge in [-0.15, -0.1) is 0 Å². The molecule has 0 saturated carbocycles. The van der Waals surface area contributed by atoms with E-state index in [1.54, 1.807) is 24.8 Å². The summed E-state index contributed by atoms with van der Waals surface area (Å²) >= 11 is 1.75. The Hall–Kier alpha value is -1.22. The van der Waals surface area contributed by atoms with Gasteiger partial charge in [-0.05, 0) is 41.9 Å². The third-order valence-electron chi connectivity index (χ3n) is 4.10. The first kappa shape index (κ1) is 18.1. The van der Waals surface area contributed by atoms with Gasteiger partial charge in [0.2, 0.25) is 0 Å².